The molecule has 1 aromatic rings. The Bertz CT molecular complexity index is 509. The third-order valence-corrected chi connectivity index (χ3v) is 5.00. The molecule has 2 aliphatic rings. The minimum Gasteiger partial charge on any atom is -0.381 e. The molecule has 1 aromatic carbocycles. The van der Waals surface area contributed by atoms with E-state index in [-0.39, 0.29) is 11.9 Å². The van der Waals surface area contributed by atoms with Crippen molar-refractivity contribution in [1.29, 1.82) is 0 Å². The van der Waals surface area contributed by atoms with Crippen LogP contribution in [0.5, 0.6) is 0 Å². The first-order valence-corrected chi connectivity index (χ1v) is 7.92. The summed E-state index contributed by atoms with van der Waals surface area (Å²) in [6, 6.07) is 8.56. The van der Waals surface area contributed by atoms with Gasteiger partial charge in [0, 0.05) is 19.8 Å². The number of amides is 1. The number of rotatable bonds is 3. The van der Waals surface area contributed by atoms with Crippen molar-refractivity contribution >= 4 is 5.91 Å². The SMILES string of the molecule is NCC1(C(=O)NC2CCCc3ccccc32)CCOCC1. The van der Waals surface area contributed by atoms with Crippen LogP contribution >= 0.6 is 0 Å². The van der Waals surface area contributed by atoms with Crippen LogP contribution in [0.4, 0.5) is 0 Å². The van der Waals surface area contributed by atoms with Crippen LogP contribution in [0.25, 0.3) is 0 Å². The Morgan fingerprint density at radius 2 is 2.10 bits per heavy atom. The molecule has 0 bridgehead atoms. The fourth-order valence-corrected chi connectivity index (χ4v) is 3.50. The smallest absolute Gasteiger partial charge is 0.228 e. The Hall–Kier alpha value is -1.39. The quantitative estimate of drug-likeness (QED) is 0.893. The van der Waals surface area contributed by atoms with Crippen LogP contribution in [0.2, 0.25) is 0 Å². The molecular weight excluding hydrogens is 264 g/mol. The summed E-state index contributed by atoms with van der Waals surface area (Å²) in [6.07, 6.45) is 4.70. The Morgan fingerprint density at radius 3 is 2.86 bits per heavy atom. The molecule has 0 saturated carbocycles. The predicted octanol–water partition coefficient (Wildman–Crippen LogP) is 1.94. The van der Waals surface area contributed by atoms with Crippen LogP contribution in [-0.4, -0.2) is 25.7 Å². The topological polar surface area (TPSA) is 64.4 Å². The first-order chi connectivity index (χ1) is 10.2. The van der Waals surface area contributed by atoms with E-state index in [1.165, 1.54) is 11.1 Å². The summed E-state index contributed by atoms with van der Waals surface area (Å²) in [6.45, 7) is 1.66. The second kappa shape index (κ2) is 6.16. The summed E-state index contributed by atoms with van der Waals surface area (Å²) < 4.78 is 5.39. The monoisotopic (exact) mass is 288 g/mol. The number of nitrogens with one attached hydrogen (secondary N) is 1. The molecule has 1 atom stereocenters. The second-order valence-corrected chi connectivity index (χ2v) is 6.21. The van der Waals surface area contributed by atoms with Gasteiger partial charge in [-0.05, 0) is 43.2 Å². The van der Waals surface area contributed by atoms with E-state index in [1.54, 1.807) is 0 Å². The lowest BCUT2D eigenvalue weighted by Gasteiger charge is -2.37. The number of carbonyl (C=O) groups excluding carboxylic acids is 1. The number of nitrogens with two attached hydrogens (primary N) is 1. The largest absolute Gasteiger partial charge is 0.381 e. The van der Waals surface area contributed by atoms with E-state index in [0.29, 0.717) is 19.8 Å². The van der Waals surface area contributed by atoms with Crippen molar-refractivity contribution < 1.29 is 9.53 Å². The summed E-state index contributed by atoms with van der Waals surface area (Å²) in [4.78, 5) is 12.8. The number of ether oxygens (including phenoxy) is 1. The highest BCUT2D eigenvalue weighted by Gasteiger charge is 2.40. The second-order valence-electron chi connectivity index (χ2n) is 6.21. The average molecular weight is 288 g/mol. The summed E-state index contributed by atoms with van der Waals surface area (Å²) in [7, 11) is 0. The van der Waals surface area contributed by atoms with Crippen molar-refractivity contribution in [3.05, 3.63) is 35.4 Å². The molecular formula is C17H24N2O2. The van der Waals surface area contributed by atoms with Crippen LogP contribution < -0.4 is 11.1 Å². The Kier molecular flexibility index (Phi) is 4.27. The number of benzene rings is 1. The maximum absolute atomic E-state index is 12.8. The van der Waals surface area contributed by atoms with Gasteiger partial charge >= 0.3 is 0 Å². The van der Waals surface area contributed by atoms with Crippen molar-refractivity contribution in [2.24, 2.45) is 11.1 Å². The maximum atomic E-state index is 12.8. The third-order valence-electron chi connectivity index (χ3n) is 5.00. The van der Waals surface area contributed by atoms with E-state index >= 15 is 0 Å². The highest BCUT2D eigenvalue weighted by Crippen LogP contribution is 2.33. The third kappa shape index (κ3) is 2.83. The molecule has 1 aliphatic carbocycles. The summed E-state index contributed by atoms with van der Waals surface area (Å²) in [5, 5.41) is 3.26. The number of hydrogen-bond donors (Lipinski definition) is 2. The zero-order valence-electron chi connectivity index (χ0n) is 12.4. The van der Waals surface area contributed by atoms with Gasteiger partial charge in [-0.2, -0.15) is 0 Å². The van der Waals surface area contributed by atoms with Gasteiger partial charge in [-0.1, -0.05) is 24.3 Å². The lowest BCUT2D eigenvalue weighted by atomic mass is 9.78. The van der Waals surface area contributed by atoms with Crippen molar-refractivity contribution in [1.82, 2.24) is 5.32 Å². The van der Waals surface area contributed by atoms with Crippen LogP contribution in [0.1, 0.15) is 42.9 Å². The maximum Gasteiger partial charge on any atom is 0.228 e. The van der Waals surface area contributed by atoms with Crippen LogP contribution in [0, 0.1) is 5.41 Å². The molecule has 4 heteroatoms. The molecule has 114 valence electrons. The number of fused-ring (bicyclic) bond motifs is 1. The van der Waals surface area contributed by atoms with E-state index in [1.807, 2.05) is 0 Å². The Balaban J connectivity index is 1.76. The van der Waals surface area contributed by atoms with Gasteiger partial charge in [-0.15, -0.1) is 0 Å². The van der Waals surface area contributed by atoms with Gasteiger partial charge in [0.15, 0.2) is 0 Å². The minimum absolute atomic E-state index is 0.106. The summed E-state index contributed by atoms with van der Waals surface area (Å²) in [5.41, 5.74) is 8.12. The zero-order chi connectivity index (χ0) is 14.7. The number of hydrogen-bond acceptors (Lipinski definition) is 3. The molecule has 1 amide bonds. The van der Waals surface area contributed by atoms with Gasteiger partial charge in [0.25, 0.3) is 0 Å². The minimum atomic E-state index is -0.440. The summed E-state index contributed by atoms with van der Waals surface area (Å²) in [5.74, 6) is 0.106. The van der Waals surface area contributed by atoms with Gasteiger partial charge in [0.2, 0.25) is 5.91 Å². The molecule has 1 aliphatic heterocycles. The van der Waals surface area contributed by atoms with Crippen LogP contribution in [0.3, 0.4) is 0 Å². The van der Waals surface area contributed by atoms with Crippen LogP contribution in [0.15, 0.2) is 24.3 Å². The van der Waals surface area contributed by atoms with Gasteiger partial charge in [-0.25, -0.2) is 0 Å². The van der Waals surface area contributed by atoms with Gasteiger partial charge < -0.3 is 15.8 Å². The lowest BCUT2D eigenvalue weighted by Crippen LogP contribution is -2.50. The highest BCUT2D eigenvalue weighted by molar-refractivity contribution is 5.83. The van der Waals surface area contributed by atoms with Crippen LogP contribution in [-0.2, 0) is 16.0 Å². The fraction of sp³-hybridized carbons (Fsp3) is 0.588. The molecule has 1 fully saturated rings. The van der Waals surface area contributed by atoms with Crippen molar-refractivity contribution in [3.8, 4) is 0 Å². The predicted molar refractivity (Wildman–Crippen MR) is 81.8 cm³/mol. The number of aryl methyl sites for hydroxylation is 1. The molecule has 3 rings (SSSR count). The zero-order valence-corrected chi connectivity index (χ0v) is 12.4. The highest BCUT2D eigenvalue weighted by atomic mass is 16.5. The lowest BCUT2D eigenvalue weighted by molar-refractivity contribution is -0.136. The van der Waals surface area contributed by atoms with Gasteiger partial charge in [0.05, 0.1) is 11.5 Å². The Morgan fingerprint density at radius 1 is 1.33 bits per heavy atom. The first-order valence-electron chi connectivity index (χ1n) is 7.92. The van der Waals surface area contributed by atoms with Gasteiger partial charge in [-0.3, -0.25) is 4.79 Å². The molecule has 1 saturated heterocycles. The molecule has 21 heavy (non-hydrogen) atoms. The van der Waals surface area contributed by atoms with E-state index in [2.05, 4.69) is 29.6 Å². The molecule has 0 radical (unpaired) electrons. The van der Waals surface area contributed by atoms with E-state index in [9.17, 15) is 4.79 Å². The number of carbonyl (C=O) groups is 1. The summed E-state index contributed by atoms with van der Waals surface area (Å²) >= 11 is 0. The normalized spacial score (nSPS) is 24.1. The standard InChI is InChI=1S/C17H24N2O2/c18-12-17(8-10-21-11-9-17)16(20)19-15-7-3-5-13-4-1-2-6-14(13)15/h1-2,4,6,15H,3,5,7-12,18H2,(H,19,20). The fourth-order valence-electron chi connectivity index (χ4n) is 3.50. The first kappa shape index (κ1) is 14.5. The van der Waals surface area contributed by atoms with Gasteiger partial charge in [0.1, 0.15) is 0 Å². The molecule has 0 spiro atoms. The van der Waals surface area contributed by atoms with E-state index in [0.717, 1.165) is 32.1 Å². The van der Waals surface area contributed by atoms with E-state index < -0.39 is 5.41 Å². The average Bonchev–Trinajstić information content (AvgIpc) is 2.56. The molecule has 1 unspecified atom stereocenters. The molecule has 4 nitrogen and oxygen atoms in total. The Labute approximate surface area is 126 Å². The van der Waals surface area contributed by atoms with Crippen molar-refractivity contribution in [3.63, 3.8) is 0 Å². The van der Waals surface area contributed by atoms with Crippen molar-refractivity contribution in [2.75, 3.05) is 19.8 Å². The van der Waals surface area contributed by atoms with Crippen molar-refractivity contribution in [2.45, 2.75) is 38.1 Å². The molecule has 0 aromatic heterocycles. The van der Waals surface area contributed by atoms with E-state index in [4.69, 9.17) is 10.5 Å². The molecule has 1 heterocycles. The molecule has 3 N–H and O–H groups in total.